The normalized spacial score (nSPS) is 11.1. The van der Waals surface area contributed by atoms with Gasteiger partial charge in [-0.3, -0.25) is 0 Å². The Morgan fingerprint density at radius 3 is 2.79 bits per heavy atom. The first-order chi connectivity index (χ1) is 9.06. The fourth-order valence-corrected chi connectivity index (χ4v) is 2.18. The molecule has 0 amide bonds. The van der Waals surface area contributed by atoms with Crippen LogP contribution in [-0.2, 0) is 7.05 Å². The first kappa shape index (κ1) is 11.5. The summed E-state index contributed by atoms with van der Waals surface area (Å²) in [4.78, 5) is 10.8. The number of carboxylic acid groups (broad SMARTS) is 1. The average molecular weight is 256 g/mol. The fourth-order valence-electron chi connectivity index (χ4n) is 2.18. The van der Waals surface area contributed by atoms with E-state index < -0.39 is 5.97 Å². The number of carbonyl (C=O) groups is 1. The van der Waals surface area contributed by atoms with Gasteiger partial charge in [-0.05, 0) is 24.6 Å². The van der Waals surface area contributed by atoms with Gasteiger partial charge in [0.05, 0.1) is 5.69 Å². The zero-order valence-corrected chi connectivity index (χ0v) is 10.5. The van der Waals surface area contributed by atoms with Crippen LogP contribution in [0.1, 0.15) is 16.1 Å². The van der Waals surface area contributed by atoms with Crippen LogP contribution in [0.25, 0.3) is 22.3 Å². The maximum Gasteiger partial charge on any atom is 0.374 e. The molecule has 0 spiro atoms. The van der Waals surface area contributed by atoms with Crippen LogP contribution < -0.4 is 0 Å². The standard InChI is InChI=1S/C14H12N2O3/c1-8-3-4-9-6-12(16(2)11(9)5-8)10-7-13(14(17)18)19-15-10/h3-7H,1-2H3,(H,17,18). The molecule has 0 saturated heterocycles. The van der Waals surface area contributed by atoms with Crippen LogP contribution in [-0.4, -0.2) is 20.8 Å². The third kappa shape index (κ3) is 1.79. The van der Waals surface area contributed by atoms with E-state index in [1.807, 2.05) is 36.7 Å². The van der Waals surface area contributed by atoms with E-state index in [0.717, 1.165) is 16.6 Å². The molecular weight excluding hydrogens is 244 g/mol. The zero-order chi connectivity index (χ0) is 13.6. The van der Waals surface area contributed by atoms with Gasteiger partial charge in [-0.2, -0.15) is 0 Å². The minimum absolute atomic E-state index is 0.156. The van der Waals surface area contributed by atoms with E-state index in [1.54, 1.807) is 0 Å². The highest BCUT2D eigenvalue weighted by molar-refractivity contribution is 5.89. The predicted octanol–water partition coefficient (Wildman–Crippen LogP) is 2.84. The lowest BCUT2D eigenvalue weighted by molar-refractivity contribution is 0.0652. The van der Waals surface area contributed by atoms with Crippen LogP contribution >= 0.6 is 0 Å². The molecule has 0 aliphatic rings. The maximum atomic E-state index is 10.8. The number of hydrogen-bond acceptors (Lipinski definition) is 3. The lowest BCUT2D eigenvalue weighted by atomic mass is 10.2. The predicted molar refractivity (Wildman–Crippen MR) is 70.1 cm³/mol. The quantitative estimate of drug-likeness (QED) is 0.765. The molecule has 2 aromatic heterocycles. The molecule has 0 bridgehead atoms. The van der Waals surface area contributed by atoms with Crippen molar-refractivity contribution in [1.29, 1.82) is 0 Å². The molecule has 1 aromatic carbocycles. The highest BCUT2D eigenvalue weighted by atomic mass is 16.5. The maximum absolute atomic E-state index is 10.8. The molecule has 0 atom stereocenters. The first-order valence-electron chi connectivity index (χ1n) is 5.83. The number of nitrogens with zero attached hydrogens (tertiary/aromatic N) is 2. The topological polar surface area (TPSA) is 68.3 Å². The molecule has 0 radical (unpaired) electrons. The second-order valence-electron chi connectivity index (χ2n) is 4.53. The van der Waals surface area contributed by atoms with Crippen molar-refractivity contribution in [2.45, 2.75) is 6.92 Å². The summed E-state index contributed by atoms with van der Waals surface area (Å²) in [6.45, 7) is 2.03. The Kier molecular flexibility index (Phi) is 2.41. The summed E-state index contributed by atoms with van der Waals surface area (Å²) in [7, 11) is 1.92. The van der Waals surface area contributed by atoms with Crippen LogP contribution in [0.3, 0.4) is 0 Å². The Morgan fingerprint density at radius 2 is 2.11 bits per heavy atom. The van der Waals surface area contributed by atoms with Crippen molar-refractivity contribution in [3.63, 3.8) is 0 Å². The van der Waals surface area contributed by atoms with Crippen molar-refractivity contribution in [2.75, 3.05) is 0 Å². The van der Waals surface area contributed by atoms with Gasteiger partial charge in [-0.25, -0.2) is 4.79 Å². The Labute approximate surface area is 109 Å². The van der Waals surface area contributed by atoms with E-state index in [1.165, 1.54) is 11.6 Å². The number of aromatic nitrogens is 2. The van der Waals surface area contributed by atoms with Crippen molar-refractivity contribution in [2.24, 2.45) is 7.05 Å². The molecule has 19 heavy (non-hydrogen) atoms. The SMILES string of the molecule is Cc1ccc2cc(-c3cc(C(=O)O)on3)n(C)c2c1. The highest BCUT2D eigenvalue weighted by Gasteiger charge is 2.15. The van der Waals surface area contributed by atoms with E-state index >= 15 is 0 Å². The molecule has 0 aliphatic carbocycles. The van der Waals surface area contributed by atoms with Crippen LogP contribution in [0.4, 0.5) is 0 Å². The van der Waals surface area contributed by atoms with E-state index in [9.17, 15) is 4.79 Å². The summed E-state index contributed by atoms with van der Waals surface area (Å²) >= 11 is 0. The van der Waals surface area contributed by atoms with E-state index in [-0.39, 0.29) is 5.76 Å². The Hall–Kier alpha value is -2.56. The van der Waals surface area contributed by atoms with E-state index in [4.69, 9.17) is 9.63 Å². The Balaban J connectivity index is 2.19. The van der Waals surface area contributed by atoms with Crippen LogP contribution in [0.2, 0.25) is 0 Å². The average Bonchev–Trinajstić information content (AvgIpc) is 2.95. The molecule has 5 heteroatoms. The number of aromatic carboxylic acids is 1. The molecule has 2 heterocycles. The summed E-state index contributed by atoms with van der Waals surface area (Å²) in [5.74, 6) is -1.27. The van der Waals surface area contributed by atoms with Crippen molar-refractivity contribution in [1.82, 2.24) is 9.72 Å². The molecule has 3 aromatic rings. The zero-order valence-electron chi connectivity index (χ0n) is 10.5. The van der Waals surface area contributed by atoms with E-state index in [0.29, 0.717) is 5.69 Å². The third-order valence-corrected chi connectivity index (χ3v) is 3.18. The van der Waals surface area contributed by atoms with Crippen LogP contribution in [0, 0.1) is 6.92 Å². The molecule has 5 nitrogen and oxygen atoms in total. The summed E-state index contributed by atoms with van der Waals surface area (Å²) < 4.78 is 6.77. The van der Waals surface area contributed by atoms with E-state index in [2.05, 4.69) is 11.2 Å². The largest absolute Gasteiger partial charge is 0.475 e. The minimum atomic E-state index is -1.12. The number of rotatable bonds is 2. The molecule has 3 rings (SSSR count). The van der Waals surface area contributed by atoms with Gasteiger partial charge in [0.15, 0.2) is 0 Å². The minimum Gasteiger partial charge on any atom is -0.475 e. The van der Waals surface area contributed by atoms with Crippen molar-refractivity contribution in [3.05, 3.63) is 41.7 Å². The third-order valence-electron chi connectivity index (χ3n) is 3.18. The summed E-state index contributed by atoms with van der Waals surface area (Å²) in [5, 5.41) is 13.7. The molecule has 1 N–H and O–H groups in total. The van der Waals surface area contributed by atoms with Crippen molar-refractivity contribution < 1.29 is 14.4 Å². The molecular formula is C14H12N2O3. The van der Waals surface area contributed by atoms with Gasteiger partial charge in [0.25, 0.3) is 0 Å². The van der Waals surface area contributed by atoms with Crippen LogP contribution in [0.5, 0.6) is 0 Å². The summed E-state index contributed by atoms with van der Waals surface area (Å²) in [6, 6.07) is 9.56. The molecule has 0 aliphatic heterocycles. The summed E-state index contributed by atoms with van der Waals surface area (Å²) in [5.41, 5.74) is 3.60. The fraction of sp³-hybridized carbons (Fsp3) is 0.143. The molecule has 0 fully saturated rings. The van der Waals surface area contributed by atoms with Gasteiger partial charge in [0.1, 0.15) is 5.69 Å². The summed E-state index contributed by atoms with van der Waals surface area (Å²) in [6.07, 6.45) is 0. The van der Waals surface area contributed by atoms with Gasteiger partial charge in [0.2, 0.25) is 5.76 Å². The molecule has 0 unspecified atom stereocenters. The number of benzene rings is 1. The Bertz CT molecular complexity index is 783. The highest BCUT2D eigenvalue weighted by Crippen LogP contribution is 2.27. The lowest BCUT2D eigenvalue weighted by Crippen LogP contribution is -1.92. The number of fused-ring (bicyclic) bond motifs is 1. The van der Waals surface area contributed by atoms with Crippen molar-refractivity contribution >= 4 is 16.9 Å². The van der Waals surface area contributed by atoms with Crippen LogP contribution in [0.15, 0.2) is 34.9 Å². The second kappa shape index (κ2) is 3.98. The number of hydrogen-bond donors (Lipinski definition) is 1. The smallest absolute Gasteiger partial charge is 0.374 e. The number of carboxylic acids is 1. The molecule has 0 saturated carbocycles. The van der Waals surface area contributed by atoms with Gasteiger partial charge in [-0.15, -0.1) is 0 Å². The number of aryl methyl sites for hydroxylation is 2. The molecule has 96 valence electrons. The van der Waals surface area contributed by atoms with Gasteiger partial charge < -0.3 is 14.2 Å². The lowest BCUT2D eigenvalue weighted by Gasteiger charge is -2.00. The monoisotopic (exact) mass is 256 g/mol. The second-order valence-corrected chi connectivity index (χ2v) is 4.53. The van der Waals surface area contributed by atoms with Gasteiger partial charge in [0, 0.05) is 24.0 Å². The van der Waals surface area contributed by atoms with Gasteiger partial charge in [-0.1, -0.05) is 17.3 Å². The Morgan fingerprint density at radius 1 is 1.32 bits per heavy atom. The van der Waals surface area contributed by atoms with Gasteiger partial charge >= 0.3 is 5.97 Å². The van der Waals surface area contributed by atoms with Crippen molar-refractivity contribution in [3.8, 4) is 11.4 Å². The first-order valence-corrected chi connectivity index (χ1v) is 5.83.